The summed E-state index contributed by atoms with van der Waals surface area (Å²) >= 11 is 0. The quantitative estimate of drug-likeness (QED) is 0.713. The molecule has 0 bridgehead atoms. The zero-order valence-corrected chi connectivity index (χ0v) is 17.0. The van der Waals surface area contributed by atoms with Gasteiger partial charge in [0.25, 0.3) is 0 Å². The molecule has 2 N–H and O–H groups in total. The van der Waals surface area contributed by atoms with Crippen molar-refractivity contribution in [1.82, 2.24) is 4.98 Å². The van der Waals surface area contributed by atoms with Gasteiger partial charge in [-0.05, 0) is 47.9 Å². The third-order valence-electron chi connectivity index (χ3n) is 4.62. The van der Waals surface area contributed by atoms with Crippen molar-refractivity contribution in [3.8, 4) is 0 Å². The Labute approximate surface area is 164 Å². The molecule has 3 aromatic rings. The molecule has 0 aliphatic carbocycles. The lowest BCUT2D eigenvalue weighted by Crippen LogP contribution is -2.29. The van der Waals surface area contributed by atoms with Crippen LogP contribution in [-0.4, -0.2) is 25.6 Å². The van der Waals surface area contributed by atoms with E-state index in [0.29, 0.717) is 17.9 Å². The van der Waals surface area contributed by atoms with Gasteiger partial charge < -0.3 is 10.6 Å². The minimum atomic E-state index is -3.50. The van der Waals surface area contributed by atoms with E-state index in [1.165, 1.54) is 11.8 Å². The number of carbonyl (C=O) groups is 1. The first-order valence-corrected chi connectivity index (χ1v) is 10.8. The number of aryl methyl sites for hydroxylation is 1. The van der Waals surface area contributed by atoms with Crippen LogP contribution in [0.4, 0.5) is 11.5 Å². The summed E-state index contributed by atoms with van der Waals surface area (Å²) in [6, 6.07) is 14.5. The fraction of sp³-hybridized carbons (Fsp3) is 0.238. The molecule has 0 saturated heterocycles. The number of nitrogens with zero attached hydrogens (tertiary/aromatic N) is 2. The summed E-state index contributed by atoms with van der Waals surface area (Å²) in [6.07, 6.45) is 1.87. The van der Waals surface area contributed by atoms with Crippen LogP contribution in [-0.2, 0) is 27.6 Å². The number of hydrogen-bond acceptors (Lipinski definition) is 5. The van der Waals surface area contributed by atoms with Gasteiger partial charge in [0.05, 0.1) is 22.6 Å². The molecule has 28 heavy (non-hydrogen) atoms. The molecule has 0 saturated carbocycles. The van der Waals surface area contributed by atoms with Gasteiger partial charge in [0, 0.05) is 18.6 Å². The molecule has 1 aromatic heterocycles. The Bertz CT molecular complexity index is 1160. The summed E-state index contributed by atoms with van der Waals surface area (Å²) in [5.74, 6) is 0.178. The number of nitrogens with two attached hydrogens (primary N) is 1. The Morgan fingerprint density at radius 2 is 1.75 bits per heavy atom. The molecule has 3 rings (SSSR count). The number of rotatable bonds is 5. The van der Waals surface area contributed by atoms with E-state index >= 15 is 0 Å². The smallest absolute Gasteiger partial charge is 0.224 e. The van der Waals surface area contributed by atoms with E-state index in [4.69, 9.17) is 5.73 Å². The molecule has 0 atom stereocenters. The van der Waals surface area contributed by atoms with Crippen molar-refractivity contribution in [3.63, 3.8) is 0 Å². The van der Waals surface area contributed by atoms with Gasteiger partial charge in [-0.2, -0.15) is 0 Å². The Morgan fingerprint density at radius 3 is 2.39 bits per heavy atom. The second kappa shape index (κ2) is 7.59. The van der Waals surface area contributed by atoms with E-state index in [-0.39, 0.29) is 17.3 Å². The van der Waals surface area contributed by atoms with Crippen LogP contribution in [0.25, 0.3) is 10.9 Å². The number of aromatic nitrogens is 1. The van der Waals surface area contributed by atoms with Gasteiger partial charge in [0.15, 0.2) is 9.84 Å². The lowest BCUT2D eigenvalue weighted by atomic mass is 10.1. The number of carbonyl (C=O) groups excluding carboxylic acids is 1. The van der Waals surface area contributed by atoms with Crippen LogP contribution in [0, 0.1) is 0 Å². The number of fused-ring (bicyclic) bond motifs is 1. The average molecular weight is 398 g/mol. The molecule has 1 heterocycles. The van der Waals surface area contributed by atoms with Crippen molar-refractivity contribution in [2.75, 3.05) is 16.9 Å². The minimum Gasteiger partial charge on any atom is -0.384 e. The average Bonchev–Trinajstić information content (AvgIpc) is 2.64. The number of sulfone groups is 1. The fourth-order valence-corrected chi connectivity index (χ4v) is 4.05. The highest BCUT2D eigenvalue weighted by atomic mass is 32.2. The summed E-state index contributed by atoms with van der Waals surface area (Å²) in [6.45, 7) is 3.62. The van der Waals surface area contributed by atoms with Gasteiger partial charge in [-0.3, -0.25) is 4.79 Å². The Balaban J connectivity index is 2.07. The highest BCUT2D eigenvalue weighted by Crippen LogP contribution is 2.29. The van der Waals surface area contributed by atoms with Gasteiger partial charge in [-0.1, -0.05) is 25.1 Å². The van der Waals surface area contributed by atoms with E-state index in [9.17, 15) is 13.2 Å². The molecule has 0 unspecified atom stereocenters. The van der Waals surface area contributed by atoms with Crippen molar-refractivity contribution in [2.45, 2.75) is 31.7 Å². The van der Waals surface area contributed by atoms with Gasteiger partial charge >= 0.3 is 0 Å². The maximum Gasteiger partial charge on any atom is 0.224 e. The summed E-state index contributed by atoms with van der Waals surface area (Å²) in [4.78, 5) is 18.3. The molecule has 6 nitrogen and oxygen atoms in total. The minimum absolute atomic E-state index is 0.158. The van der Waals surface area contributed by atoms with Crippen LogP contribution in [0.5, 0.6) is 0 Å². The molecule has 146 valence electrons. The fourth-order valence-electron chi connectivity index (χ4n) is 3.12. The van der Waals surface area contributed by atoms with Crippen molar-refractivity contribution < 1.29 is 13.2 Å². The van der Waals surface area contributed by atoms with E-state index in [0.717, 1.165) is 28.3 Å². The van der Waals surface area contributed by atoms with Gasteiger partial charge in [0.2, 0.25) is 5.91 Å². The van der Waals surface area contributed by atoms with Crippen molar-refractivity contribution in [1.29, 1.82) is 0 Å². The molecule has 0 radical (unpaired) electrons. The molecule has 1 amide bonds. The van der Waals surface area contributed by atoms with Crippen LogP contribution in [0.1, 0.15) is 25.0 Å². The first kappa shape index (κ1) is 19.8. The van der Waals surface area contributed by atoms with E-state index < -0.39 is 9.84 Å². The summed E-state index contributed by atoms with van der Waals surface area (Å²) < 4.78 is 24.7. The van der Waals surface area contributed by atoms with Crippen molar-refractivity contribution in [2.24, 2.45) is 0 Å². The lowest BCUT2D eigenvalue weighted by Gasteiger charge is -2.24. The predicted molar refractivity (Wildman–Crippen MR) is 112 cm³/mol. The van der Waals surface area contributed by atoms with Crippen molar-refractivity contribution >= 4 is 38.2 Å². The van der Waals surface area contributed by atoms with Gasteiger partial charge in [-0.15, -0.1) is 0 Å². The monoisotopic (exact) mass is 397 g/mol. The second-order valence-corrected chi connectivity index (χ2v) is 8.78. The Morgan fingerprint density at radius 1 is 1.07 bits per heavy atom. The van der Waals surface area contributed by atoms with Gasteiger partial charge in [0.1, 0.15) is 5.82 Å². The third-order valence-corrected chi connectivity index (χ3v) is 5.75. The third kappa shape index (κ3) is 4.14. The number of anilines is 2. The van der Waals surface area contributed by atoms with Crippen LogP contribution >= 0.6 is 0 Å². The lowest BCUT2D eigenvalue weighted by molar-refractivity contribution is -0.116. The number of benzene rings is 2. The largest absolute Gasteiger partial charge is 0.384 e. The van der Waals surface area contributed by atoms with Crippen LogP contribution in [0.3, 0.4) is 0 Å². The molecular weight excluding hydrogens is 374 g/mol. The first-order valence-electron chi connectivity index (χ1n) is 8.95. The molecular formula is C21H23N3O3S. The van der Waals surface area contributed by atoms with Crippen LogP contribution in [0.2, 0.25) is 0 Å². The summed E-state index contributed by atoms with van der Waals surface area (Å²) in [5.41, 5.74) is 8.61. The van der Waals surface area contributed by atoms with E-state index in [1.807, 2.05) is 37.3 Å². The molecule has 0 aliphatic heterocycles. The maximum atomic E-state index is 12.4. The van der Waals surface area contributed by atoms with Crippen LogP contribution < -0.4 is 10.6 Å². The standard InChI is InChI=1S/C21H23N3O3S/c1-4-15-6-9-19(20(12-15)28(3,26)27)24(14(2)25)13-16-5-7-17-8-10-21(22)23-18(17)11-16/h5-12H,4,13H2,1-3H3,(H2,22,23). The SMILES string of the molecule is CCc1ccc(N(Cc2ccc3ccc(N)nc3c2)C(C)=O)c(S(C)(=O)=O)c1. The number of hydrogen-bond donors (Lipinski definition) is 1. The molecule has 2 aromatic carbocycles. The first-order chi connectivity index (χ1) is 13.2. The number of pyridine rings is 1. The highest BCUT2D eigenvalue weighted by molar-refractivity contribution is 7.90. The number of nitrogen functional groups attached to an aromatic ring is 1. The second-order valence-electron chi connectivity index (χ2n) is 6.80. The Kier molecular flexibility index (Phi) is 5.38. The molecule has 0 fully saturated rings. The normalized spacial score (nSPS) is 11.5. The summed E-state index contributed by atoms with van der Waals surface area (Å²) in [7, 11) is -3.50. The maximum absolute atomic E-state index is 12.4. The Hall–Kier alpha value is -2.93. The van der Waals surface area contributed by atoms with E-state index in [1.54, 1.807) is 18.2 Å². The summed E-state index contributed by atoms with van der Waals surface area (Å²) in [5, 5.41) is 0.941. The van der Waals surface area contributed by atoms with Gasteiger partial charge in [-0.25, -0.2) is 13.4 Å². The van der Waals surface area contributed by atoms with Crippen LogP contribution in [0.15, 0.2) is 53.4 Å². The predicted octanol–water partition coefficient (Wildman–Crippen LogP) is 3.34. The number of amides is 1. The van der Waals surface area contributed by atoms with E-state index in [2.05, 4.69) is 4.98 Å². The van der Waals surface area contributed by atoms with Crippen molar-refractivity contribution in [3.05, 3.63) is 59.7 Å². The molecule has 0 aliphatic rings. The zero-order valence-electron chi connectivity index (χ0n) is 16.1. The molecule has 0 spiro atoms. The highest BCUT2D eigenvalue weighted by Gasteiger charge is 2.22. The topological polar surface area (TPSA) is 93.4 Å². The molecule has 7 heteroatoms. The zero-order chi connectivity index (χ0) is 20.5.